The van der Waals surface area contributed by atoms with E-state index < -0.39 is 0 Å². The Bertz CT molecular complexity index is 580. The lowest BCUT2D eigenvalue weighted by atomic mass is 10.2. The summed E-state index contributed by atoms with van der Waals surface area (Å²) in [5.74, 6) is -0.0831. The normalized spacial score (nSPS) is 10.4. The van der Waals surface area contributed by atoms with Crippen LogP contribution in [0.5, 0.6) is 0 Å². The first-order chi connectivity index (χ1) is 8.54. The Morgan fingerprint density at radius 1 is 1.44 bits per heavy atom. The maximum absolute atomic E-state index is 11.8. The van der Waals surface area contributed by atoms with Crippen molar-refractivity contribution in [3.8, 4) is 0 Å². The van der Waals surface area contributed by atoms with Crippen LogP contribution in [0.15, 0.2) is 23.6 Å². The summed E-state index contributed by atoms with van der Waals surface area (Å²) in [7, 11) is 0. The minimum atomic E-state index is -0.0831. The maximum atomic E-state index is 11.8. The number of hydrogen-bond acceptors (Lipinski definition) is 3. The standard InChI is InChI=1S/C13H13ClN2OS/c1-8-3-4-10(5-12(8)14)16-13(17)6-11-7-18-9(2)15-11/h3-5,7H,6H2,1-2H3,(H,16,17). The Morgan fingerprint density at radius 2 is 2.22 bits per heavy atom. The molecular weight excluding hydrogens is 268 g/mol. The summed E-state index contributed by atoms with van der Waals surface area (Å²) in [4.78, 5) is 16.1. The van der Waals surface area contributed by atoms with Crippen molar-refractivity contribution >= 4 is 34.5 Å². The number of nitrogens with zero attached hydrogens (tertiary/aromatic N) is 1. The van der Waals surface area contributed by atoms with Gasteiger partial charge in [-0.15, -0.1) is 11.3 Å². The highest BCUT2D eigenvalue weighted by Gasteiger charge is 2.07. The van der Waals surface area contributed by atoms with Gasteiger partial charge >= 0.3 is 0 Å². The lowest BCUT2D eigenvalue weighted by Crippen LogP contribution is -2.14. The van der Waals surface area contributed by atoms with Gasteiger partial charge in [0, 0.05) is 16.1 Å². The predicted molar refractivity (Wildman–Crippen MR) is 75.4 cm³/mol. The SMILES string of the molecule is Cc1nc(CC(=O)Nc2ccc(C)c(Cl)c2)cs1. The number of carbonyl (C=O) groups excluding carboxylic acids is 1. The van der Waals surface area contributed by atoms with Crippen LogP contribution in [0.2, 0.25) is 5.02 Å². The molecule has 1 N–H and O–H groups in total. The average Bonchev–Trinajstić information content (AvgIpc) is 2.69. The number of nitrogens with one attached hydrogen (secondary N) is 1. The van der Waals surface area contributed by atoms with Gasteiger partial charge in [-0.3, -0.25) is 4.79 Å². The highest BCUT2D eigenvalue weighted by atomic mass is 35.5. The van der Waals surface area contributed by atoms with E-state index in [2.05, 4.69) is 10.3 Å². The first-order valence-electron chi connectivity index (χ1n) is 5.51. The number of aromatic nitrogens is 1. The van der Waals surface area contributed by atoms with Crippen molar-refractivity contribution in [3.63, 3.8) is 0 Å². The van der Waals surface area contributed by atoms with E-state index in [1.54, 1.807) is 17.4 Å². The molecule has 1 aromatic carbocycles. The fraction of sp³-hybridized carbons (Fsp3) is 0.231. The number of hydrogen-bond donors (Lipinski definition) is 1. The lowest BCUT2D eigenvalue weighted by molar-refractivity contribution is -0.115. The highest BCUT2D eigenvalue weighted by Crippen LogP contribution is 2.20. The quantitative estimate of drug-likeness (QED) is 0.933. The Balaban J connectivity index is 2.00. The Hall–Kier alpha value is -1.39. The molecule has 0 unspecified atom stereocenters. The second-order valence-electron chi connectivity index (χ2n) is 4.05. The first-order valence-corrected chi connectivity index (χ1v) is 6.77. The Kier molecular flexibility index (Phi) is 3.99. The van der Waals surface area contributed by atoms with E-state index in [9.17, 15) is 4.79 Å². The summed E-state index contributed by atoms with van der Waals surface area (Å²) in [5, 5.41) is 6.33. The van der Waals surface area contributed by atoms with Crippen LogP contribution in [0.25, 0.3) is 0 Å². The molecule has 0 aliphatic carbocycles. The Morgan fingerprint density at radius 3 is 2.83 bits per heavy atom. The number of halogens is 1. The van der Waals surface area contributed by atoms with Gasteiger partial charge in [0.25, 0.3) is 0 Å². The van der Waals surface area contributed by atoms with Crippen LogP contribution >= 0.6 is 22.9 Å². The van der Waals surface area contributed by atoms with Crippen molar-refractivity contribution in [1.29, 1.82) is 0 Å². The molecule has 0 spiro atoms. The van der Waals surface area contributed by atoms with Gasteiger partial charge < -0.3 is 5.32 Å². The third-order valence-electron chi connectivity index (χ3n) is 2.46. The number of aryl methyl sites for hydroxylation is 2. The van der Waals surface area contributed by atoms with Gasteiger partial charge in [-0.2, -0.15) is 0 Å². The van der Waals surface area contributed by atoms with Crippen LogP contribution in [0.1, 0.15) is 16.3 Å². The summed E-state index contributed by atoms with van der Waals surface area (Å²) in [6, 6.07) is 5.47. The van der Waals surface area contributed by atoms with Crippen molar-refractivity contribution < 1.29 is 4.79 Å². The van der Waals surface area contributed by atoms with Gasteiger partial charge in [-0.25, -0.2) is 4.98 Å². The van der Waals surface area contributed by atoms with Gasteiger partial charge in [0.2, 0.25) is 5.91 Å². The second kappa shape index (κ2) is 5.50. The molecule has 0 aliphatic rings. The predicted octanol–water partition coefficient (Wildman–Crippen LogP) is 3.59. The van der Waals surface area contributed by atoms with Crippen LogP contribution in [0.3, 0.4) is 0 Å². The molecule has 1 amide bonds. The van der Waals surface area contributed by atoms with E-state index >= 15 is 0 Å². The van der Waals surface area contributed by atoms with Crippen LogP contribution in [-0.2, 0) is 11.2 Å². The fourth-order valence-corrected chi connectivity index (χ4v) is 2.32. The van der Waals surface area contributed by atoms with Crippen LogP contribution < -0.4 is 5.32 Å². The van der Waals surface area contributed by atoms with Crippen molar-refractivity contribution in [2.75, 3.05) is 5.32 Å². The van der Waals surface area contributed by atoms with E-state index in [4.69, 9.17) is 11.6 Å². The number of rotatable bonds is 3. The maximum Gasteiger partial charge on any atom is 0.230 e. The minimum absolute atomic E-state index is 0.0831. The summed E-state index contributed by atoms with van der Waals surface area (Å²) >= 11 is 7.54. The summed E-state index contributed by atoms with van der Waals surface area (Å²) in [6.07, 6.45) is 0.288. The topological polar surface area (TPSA) is 42.0 Å². The van der Waals surface area contributed by atoms with Crippen molar-refractivity contribution in [1.82, 2.24) is 4.98 Å². The molecule has 2 rings (SSSR count). The molecule has 1 heterocycles. The van der Waals surface area contributed by atoms with Crippen LogP contribution in [-0.4, -0.2) is 10.9 Å². The molecule has 2 aromatic rings. The fourth-order valence-electron chi connectivity index (χ4n) is 1.53. The molecular formula is C13H13ClN2OS. The molecule has 18 heavy (non-hydrogen) atoms. The number of benzene rings is 1. The number of amides is 1. The molecule has 0 saturated carbocycles. The highest BCUT2D eigenvalue weighted by molar-refractivity contribution is 7.09. The van der Waals surface area contributed by atoms with Crippen molar-refractivity contribution in [3.05, 3.63) is 44.9 Å². The lowest BCUT2D eigenvalue weighted by Gasteiger charge is -2.05. The molecule has 0 saturated heterocycles. The summed E-state index contributed by atoms with van der Waals surface area (Å²) in [6.45, 7) is 3.85. The smallest absolute Gasteiger partial charge is 0.230 e. The number of thiazole rings is 1. The molecule has 0 atom stereocenters. The first kappa shape index (κ1) is 13.1. The minimum Gasteiger partial charge on any atom is -0.326 e. The van der Waals surface area contributed by atoms with E-state index in [0.29, 0.717) is 10.7 Å². The zero-order valence-electron chi connectivity index (χ0n) is 10.2. The van der Waals surface area contributed by atoms with Crippen molar-refractivity contribution in [2.45, 2.75) is 20.3 Å². The largest absolute Gasteiger partial charge is 0.326 e. The van der Waals surface area contributed by atoms with Gasteiger partial charge in [-0.1, -0.05) is 17.7 Å². The molecule has 94 valence electrons. The zero-order valence-corrected chi connectivity index (χ0v) is 11.7. The van der Waals surface area contributed by atoms with Gasteiger partial charge in [0.15, 0.2) is 0 Å². The second-order valence-corrected chi connectivity index (χ2v) is 5.52. The molecule has 3 nitrogen and oxygen atoms in total. The average molecular weight is 281 g/mol. The molecule has 1 aromatic heterocycles. The van der Waals surface area contributed by atoms with Gasteiger partial charge in [0.1, 0.15) is 0 Å². The zero-order chi connectivity index (χ0) is 13.1. The monoisotopic (exact) mass is 280 g/mol. The van der Waals surface area contributed by atoms with E-state index in [0.717, 1.165) is 16.3 Å². The van der Waals surface area contributed by atoms with Gasteiger partial charge in [-0.05, 0) is 31.5 Å². The molecule has 0 bridgehead atoms. The molecule has 0 radical (unpaired) electrons. The number of carbonyl (C=O) groups is 1. The number of anilines is 1. The van der Waals surface area contributed by atoms with E-state index in [-0.39, 0.29) is 12.3 Å². The summed E-state index contributed by atoms with van der Waals surface area (Å²) < 4.78 is 0. The third-order valence-corrected chi connectivity index (χ3v) is 3.69. The third kappa shape index (κ3) is 3.31. The van der Waals surface area contributed by atoms with Crippen LogP contribution in [0.4, 0.5) is 5.69 Å². The van der Waals surface area contributed by atoms with Gasteiger partial charge in [0.05, 0.1) is 17.1 Å². The van der Waals surface area contributed by atoms with E-state index in [1.165, 1.54) is 0 Å². The summed E-state index contributed by atoms with van der Waals surface area (Å²) in [5.41, 5.74) is 2.50. The molecule has 5 heteroatoms. The van der Waals surface area contributed by atoms with Crippen molar-refractivity contribution in [2.24, 2.45) is 0 Å². The molecule has 0 fully saturated rings. The Labute approximate surface area is 115 Å². The van der Waals surface area contributed by atoms with E-state index in [1.807, 2.05) is 31.4 Å². The molecule has 0 aliphatic heterocycles. The van der Waals surface area contributed by atoms with Crippen LogP contribution in [0, 0.1) is 13.8 Å².